The van der Waals surface area contributed by atoms with Gasteiger partial charge in [-0.2, -0.15) is 4.31 Å². The standard InChI is InChI=1S/C17H22N4O3S2/c1-20(2)15-6-5-13(11-18-15)12-19-17(22)16-14(7-10-25-16)26(23,24)21-8-3-4-9-21/h5-7,10-11H,3-4,8-9,12H2,1-2H3,(H,19,22). The molecule has 1 fully saturated rings. The van der Waals surface area contributed by atoms with E-state index in [1.807, 2.05) is 31.1 Å². The van der Waals surface area contributed by atoms with Gasteiger partial charge in [-0.05, 0) is 35.9 Å². The SMILES string of the molecule is CN(C)c1ccc(CNC(=O)c2sccc2S(=O)(=O)N2CCCC2)cn1. The predicted molar refractivity (Wildman–Crippen MR) is 102 cm³/mol. The van der Waals surface area contributed by atoms with E-state index in [0.717, 1.165) is 35.6 Å². The summed E-state index contributed by atoms with van der Waals surface area (Å²) < 4.78 is 26.9. The molecule has 0 radical (unpaired) electrons. The van der Waals surface area contributed by atoms with Crippen molar-refractivity contribution in [2.24, 2.45) is 0 Å². The van der Waals surface area contributed by atoms with Gasteiger partial charge in [-0.3, -0.25) is 4.79 Å². The van der Waals surface area contributed by atoms with Crippen LogP contribution in [0.2, 0.25) is 0 Å². The predicted octanol–water partition coefficient (Wildman–Crippen LogP) is 1.92. The Morgan fingerprint density at radius 1 is 1.27 bits per heavy atom. The molecule has 1 saturated heterocycles. The van der Waals surface area contributed by atoms with E-state index >= 15 is 0 Å². The highest BCUT2D eigenvalue weighted by Crippen LogP contribution is 2.27. The minimum atomic E-state index is -3.60. The minimum absolute atomic E-state index is 0.1000. The summed E-state index contributed by atoms with van der Waals surface area (Å²) in [5, 5.41) is 4.43. The van der Waals surface area contributed by atoms with Gasteiger partial charge in [0.15, 0.2) is 0 Å². The Balaban J connectivity index is 1.70. The first-order chi connectivity index (χ1) is 12.4. The van der Waals surface area contributed by atoms with Gasteiger partial charge in [0.1, 0.15) is 15.6 Å². The highest BCUT2D eigenvalue weighted by molar-refractivity contribution is 7.89. The van der Waals surface area contributed by atoms with Crippen molar-refractivity contribution >= 4 is 33.1 Å². The van der Waals surface area contributed by atoms with Gasteiger partial charge in [0.25, 0.3) is 5.91 Å². The summed E-state index contributed by atoms with van der Waals surface area (Å²) in [5.74, 6) is 0.451. The summed E-state index contributed by atoms with van der Waals surface area (Å²) in [6.45, 7) is 1.33. The third-order valence-electron chi connectivity index (χ3n) is 4.24. The number of pyridine rings is 1. The molecular formula is C17H22N4O3S2. The normalized spacial score (nSPS) is 15.2. The Morgan fingerprint density at radius 3 is 2.62 bits per heavy atom. The van der Waals surface area contributed by atoms with Gasteiger partial charge in [-0.1, -0.05) is 6.07 Å². The van der Waals surface area contributed by atoms with Crippen LogP contribution in [0, 0.1) is 0 Å². The molecule has 7 nitrogen and oxygen atoms in total. The van der Waals surface area contributed by atoms with Gasteiger partial charge in [0.2, 0.25) is 10.0 Å². The number of anilines is 1. The number of nitrogens with one attached hydrogen (secondary N) is 1. The van der Waals surface area contributed by atoms with Crippen LogP contribution in [0.3, 0.4) is 0 Å². The van der Waals surface area contributed by atoms with Crippen molar-refractivity contribution in [3.05, 3.63) is 40.2 Å². The monoisotopic (exact) mass is 394 g/mol. The quantitative estimate of drug-likeness (QED) is 0.809. The van der Waals surface area contributed by atoms with Gasteiger partial charge in [0, 0.05) is 39.9 Å². The van der Waals surface area contributed by atoms with Gasteiger partial charge in [0.05, 0.1) is 0 Å². The lowest BCUT2D eigenvalue weighted by Gasteiger charge is -2.15. The molecule has 26 heavy (non-hydrogen) atoms. The lowest BCUT2D eigenvalue weighted by Crippen LogP contribution is -2.30. The zero-order valence-electron chi connectivity index (χ0n) is 14.8. The van der Waals surface area contributed by atoms with E-state index < -0.39 is 10.0 Å². The van der Waals surface area contributed by atoms with Gasteiger partial charge >= 0.3 is 0 Å². The van der Waals surface area contributed by atoms with E-state index in [4.69, 9.17) is 0 Å². The molecule has 0 unspecified atom stereocenters. The summed E-state index contributed by atoms with van der Waals surface area (Å²) >= 11 is 1.14. The molecule has 0 aromatic carbocycles. The van der Waals surface area contributed by atoms with Crippen molar-refractivity contribution in [2.45, 2.75) is 24.3 Å². The van der Waals surface area contributed by atoms with Crippen molar-refractivity contribution in [2.75, 3.05) is 32.1 Å². The van der Waals surface area contributed by atoms with E-state index in [-0.39, 0.29) is 15.7 Å². The first-order valence-electron chi connectivity index (χ1n) is 8.37. The molecule has 1 N–H and O–H groups in total. The van der Waals surface area contributed by atoms with E-state index in [1.54, 1.807) is 11.6 Å². The van der Waals surface area contributed by atoms with Crippen LogP contribution in [0.15, 0.2) is 34.7 Å². The molecule has 0 aliphatic carbocycles. The third kappa shape index (κ3) is 3.89. The van der Waals surface area contributed by atoms with Crippen LogP contribution in [-0.2, 0) is 16.6 Å². The summed E-state index contributed by atoms with van der Waals surface area (Å²) in [6, 6.07) is 5.27. The number of carbonyl (C=O) groups excluding carboxylic acids is 1. The second-order valence-electron chi connectivity index (χ2n) is 6.33. The van der Waals surface area contributed by atoms with Crippen LogP contribution >= 0.6 is 11.3 Å². The fourth-order valence-corrected chi connectivity index (χ4v) is 5.62. The molecule has 1 aliphatic rings. The molecule has 1 amide bonds. The van der Waals surface area contributed by atoms with Crippen LogP contribution in [0.5, 0.6) is 0 Å². The molecule has 0 spiro atoms. The maximum Gasteiger partial charge on any atom is 0.263 e. The number of hydrogen-bond donors (Lipinski definition) is 1. The first kappa shape index (κ1) is 18.8. The van der Waals surface area contributed by atoms with Crippen molar-refractivity contribution in [1.29, 1.82) is 0 Å². The molecule has 0 bridgehead atoms. The lowest BCUT2D eigenvalue weighted by atomic mass is 10.2. The zero-order valence-corrected chi connectivity index (χ0v) is 16.4. The van der Waals surface area contributed by atoms with Crippen LogP contribution in [-0.4, -0.2) is 50.8 Å². The number of carbonyl (C=O) groups is 1. The number of rotatable bonds is 6. The number of sulfonamides is 1. The topological polar surface area (TPSA) is 82.6 Å². The maximum atomic E-state index is 12.7. The van der Waals surface area contributed by atoms with Crippen molar-refractivity contribution in [3.8, 4) is 0 Å². The highest BCUT2D eigenvalue weighted by atomic mass is 32.2. The highest BCUT2D eigenvalue weighted by Gasteiger charge is 2.31. The first-order valence-corrected chi connectivity index (χ1v) is 10.7. The van der Waals surface area contributed by atoms with Crippen LogP contribution in [0.1, 0.15) is 28.1 Å². The Morgan fingerprint density at radius 2 is 2.00 bits per heavy atom. The van der Waals surface area contributed by atoms with Crippen molar-refractivity contribution in [3.63, 3.8) is 0 Å². The molecule has 2 aromatic rings. The van der Waals surface area contributed by atoms with Crippen molar-refractivity contribution < 1.29 is 13.2 Å². The summed E-state index contributed by atoms with van der Waals surface area (Å²) in [4.78, 5) is 19.1. The molecule has 3 heterocycles. The second kappa shape index (κ2) is 7.73. The molecule has 140 valence electrons. The Kier molecular flexibility index (Phi) is 5.59. The third-order valence-corrected chi connectivity index (χ3v) is 7.22. The fourth-order valence-electron chi connectivity index (χ4n) is 2.78. The summed E-state index contributed by atoms with van der Waals surface area (Å²) in [6.07, 6.45) is 3.42. The largest absolute Gasteiger partial charge is 0.363 e. The number of hydrogen-bond acceptors (Lipinski definition) is 6. The average molecular weight is 395 g/mol. The molecule has 9 heteroatoms. The van der Waals surface area contributed by atoms with Crippen LogP contribution in [0.25, 0.3) is 0 Å². The Bertz CT molecular complexity index is 870. The van der Waals surface area contributed by atoms with E-state index in [1.165, 1.54) is 10.4 Å². The molecular weight excluding hydrogens is 372 g/mol. The van der Waals surface area contributed by atoms with Crippen molar-refractivity contribution in [1.82, 2.24) is 14.6 Å². The molecule has 0 saturated carbocycles. The zero-order chi connectivity index (χ0) is 18.7. The number of thiophene rings is 1. The smallest absolute Gasteiger partial charge is 0.263 e. The van der Waals surface area contributed by atoms with Gasteiger partial charge < -0.3 is 10.2 Å². The Labute approximate surface area is 157 Å². The van der Waals surface area contributed by atoms with E-state index in [0.29, 0.717) is 19.6 Å². The lowest BCUT2D eigenvalue weighted by molar-refractivity contribution is 0.0952. The van der Waals surface area contributed by atoms with Crippen LogP contribution in [0.4, 0.5) is 5.82 Å². The summed E-state index contributed by atoms with van der Waals surface area (Å²) in [5.41, 5.74) is 0.851. The van der Waals surface area contributed by atoms with E-state index in [9.17, 15) is 13.2 Å². The second-order valence-corrected chi connectivity index (χ2v) is 9.15. The molecule has 3 rings (SSSR count). The number of nitrogens with zero attached hydrogens (tertiary/aromatic N) is 3. The van der Waals surface area contributed by atoms with E-state index in [2.05, 4.69) is 10.3 Å². The fraction of sp³-hybridized carbons (Fsp3) is 0.412. The average Bonchev–Trinajstić information content (AvgIpc) is 3.31. The molecule has 1 aliphatic heterocycles. The number of aromatic nitrogens is 1. The Hall–Kier alpha value is -1.97. The van der Waals surface area contributed by atoms with Crippen LogP contribution < -0.4 is 10.2 Å². The van der Waals surface area contributed by atoms with Gasteiger partial charge in [-0.25, -0.2) is 13.4 Å². The number of amides is 1. The minimum Gasteiger partial charge on any atom is -0.363 e. The molecule has 2 aromatic heterocycles. The summed E-state index contributed by atoms with van der Waals surface area (Å²) in [7, 11) is 0.207. The maximum absolute atomic E-state index is 12.7. The molecule has 0 atom stereocenters. The van der Waals surface area contributed by atoms with Gasteiger partial charge in [-0.15, -0.1) is 11.3 Å².